The smallest absolute Gasteiger partial charge is 0.131 e. The van der Waals surface area contributed by atoms with E-state index < -0.39 is 6.10 Å². The van der Waals surface area contributed by atoms with Crippen LogP contribution in [0.15, 0.2) is 36.4 Å². The lowest BCUT2D eigenvalue weighted by Gasteiger charge is -2.14. The van der Waals surface area contributed by atoms with Crippen molar-refractivity contribution in [3.05, 3.63) is 47.8 Å². The number of rotatable bonds is 7. The molecule has 0 aromatic heterocycles. The number of halogens is 1. The van der Waals surface area contributed by atoms with Gasteiger partial charge in [-0.3, -0.25) is 0 Å². The van der Waals surface area contributed by atoms with E-state index >= 15 is 0 Å². The molecule has 0 amide bonds. The second-order valence-electron chi connectivity index (χ2n) is 5.40. The van der Waals surface area contributed by atoms with E-state index in [1.165, 1.54) is 25.3 Å². The van der Waals surface area contributed by atoms with E-state index in [4.69, 9.17) is 0 Å². The van der Waals surface area contributed by atoms with Crippen LogP contribution in [-0.4, -0.2) is 5.11 Å². The predicted molar refractivity (Wildman–Crippen MR) is 82.2 cm³/mol. The second kappa shape index (κ2) is 7.39. The largest absolute Gasteiger partial charge is 0.388 e. The van der Waals surface area contributed by atoms with Gasteiger partial charge >= 0.3 is 0 Å². The fourth-order valence-electron chi connectivity index (χ4n) is 2.67. The zero-order valence-corrected chi connectivity index (χ0v) is 12.1. The van der Waals surface area contributed by atoms with E-state index in [2.05, 4.69) is 6.92 Å². The highest BCUT2D eigenvalue weighted by Gasteiger charge is 2.12. The molecule has 0 aliphatic carbocycles. The summed E-state index contributed by atoms with van der Waals surface area (Å²) >= 11 is 0. The molecule has 0 bridgehead atoms. The lowest BCUT2D eigenvalue weighted by atomic mass is 9.96. The summed E-state index contributed by atoms with van der Waals surface area (Å²) in [6.45, 7) is 2.19. The van der Waals surface area contributed by atoms with Gasteiger partial charge in [-0.1, -0.05) is 69.4 Å². The van der Waals surface area contributed by atoms with Gasteiger partial charge in [-0.15, -0.1) is 0 Å². The van der Waals surface area contributed by atoms with Crippen molar-refractivity contribution in [3.8, 4) is 0 Å². The van der Waals surface area contributed by atoms with Crippen molar-refractivity contribution in [3.63, 3.8) is 0 Å². The second-order valence-corrected chi connectivity index (χ2v) is 5.40. The van der Waals surface area contributed by atoms with Gasteiger partial charge in [0.25, 0.3) is 0 Å². The van der Waals surface area contributed by atoms with Gasteiger partial charge < -0.3 is 5.11 Å². The summed E-state index contributed by atoms with van der Waals surface area (Å²) < 4.78 is 13.7. The molecule has 20 heavy (non-hydrogen) atoms. The van der Waals surface area contributed by atoms with Crippen LogP contribution in [0.3, 0.4) is 0 Å². The van der Waals surface area contributed by atoms with Gasteiger partial charge in [-0.2, -0.15) is 0 Å². The van der Waals surface area contributed by atoms with Gasteiger partial charge in [0.2, 0.25) is 0 Å². The number of fused-ring (bicyclic) bond motifs is 1. The highest BCUT2D eigenvalue weighted by Crippen LogP contribution is 2.29. The molecule has 2 aromatic rings. The van der Waals surface area contributed by atoms with Crippen LogP contribution in [0.5, 0.6) is 0 Å². The zero-order chi connectivity index (χ0) is 14.4. The number of hydrogen-bond acceptors (Lipinski definition) is 1. The van der Waals surface area contributed by atoms with Crippen molar-refractivity contribution in [2.24, 2.45) is 0 Å². The molecule has 1 unspecified atom stereocenters. The van der Waals surface area contributed by atoms with Crippen LogP contribution in [0.1, 0.15) is 57.1 Å². The van der Waals surface area contributed by atoms with Crippen molar-refractivity contribution in [2.45, 2.75) is 51.6 Å². The van der Waals surface area contributed by atoms with Gasteiger partial charge in [0, 0.05) is 5.39 Å². The van der Waals surface area contributed by atoms with E-state index in [9.17, 15) is 9.50 Å². The highest BCUT2D eigenvalue weighted by atomic mass is 19.1. The van der Waals surface area contributed by atoms with Crippen LogP contribution < -0.4 is 0 Å². The molecule has 2 aromatic carbocycles. The molecular formula is C18H23FO. The number of benzene rings is 2. The van der Waals surface area contributed by atoms with E-state index in [1.54, 1.807) is 12.1 Å². The maximum atomic E-state index is 13.7. The summed E-state index contributed by atoms with van der Waals surface area (Å²) in [5.41, 5.74) is 0.845. The van der Waals surface area contributed by atoms with Crippen LogP contribution in [0.25, 0.3) is 10.8 Å². The molecule has 2 rings (SSSR count). The quantitative estimate of drug-likeness (QED) is 0.673. The van der Waals surface area contributed by atoms with Gasteiger partial charge in [-0.25, -0.2) is 4.39 Å². The summed E-state index contributed by atoms with van der Waals surface area (Å²) in [6, 6.07) is 10.5. The fraction of sp³-hybridized carbons (Fsp3) is 0.444. The highest BCUT2D eigenvalue weighted by molar-refractivity contribution is 5.86. The first-order chi connectivity index (χ1) is 9.74. The third kappa shape index (κ3) is 3.57. The Morgan fingerprint density at radius 3 is 2.40 bits per heavy atom. The van der Waals surface area contributed by atoms with E-state index in [1.807, 2.05) is 18.2 Å². The van der Waals surface area contributed by atoms with Crippen molar-refractivity contribution < 1.29 is 9.50 Å². The SMILES string of the molecule is CCCCCCCC(O)c1ccc(F)c2ccccc12. The lowest BCUT2D eigenvalue weighted by molar-refractivity contribution is 0.165. The molecule has 1 N–H and O–H groups in total. The molecule has 0 saturated carbocycles. The number of aliphatic hydroxyl groups excluding tert-OH is 1. The number of aliphatic hydroxyl groups is 1. The van der Waals surface area contributed by atoms with Gasteiger partial charge in [0.15, 0.2) is 0 Å². The maximum absolute atomic E-state index is 13.7. The van der Waals surface area contributed by atoms with E-state index in [0.29, 0.717) is 5.39 Å². The summed E-state index contributed by atoms with van der Waals surface area (Å²) in [5, 5.41) is 11.8. The van der Waals surface area contributed by atoms with Gasteiger partial charge in [0.05, 0.1) is 6.10 Å². The molecule has 1 atom stereocenters. The van der Waals surface area contributed by atoms with Crippen molar-refractivity contribution in [2.75, 3.05) is 0 Å². The van der Waals surface area contributed by atoms with E-state index in [0.717, 1.165) is 30.2 Å². The molecule has 0 saturated heterocycles. The number of hydrogen-bond donors (Lipinski definition) is 1. The van der Waals surface area contributed by atoms with Crippen molar-refractivity contribution in [1.82, 2.24) is 0 Å². The monoisotopic (exact) mass is 274 g/mol. The van der Waals surface area contributed by atoms with Crippen molar-refractivity contribution in [1.29, 1.82) is 0 Å². The molecule has 108 valence electrons. The standard InChI is InChI=1S/C18H23FO/c1-2-3-4-5-6-11-18(20)16-12-13-17(19)15-10-8-7-9-14(15)16/h7-10,12-13,18,20H,2-6,11H2,1H3. The molecule has 0 aliphatic heterocycles. The van der Waals surface area contributed by atoms with Crippen molar-refractivity contribution >= 4 is 10.8 Å². The van der Waals surface area contributed by atoms with Crippen LogP contribution in [-0.2, 0) is 0 Å². The molecule has 0 aliphatic rings. The van der Waals surface area contributed by atoms with Crippen LogP contribution in [0.4, 0.5) is 4.39 Å². The molecule has 0 heterocycles. The average Bonchev–Trinajstić information content (AvgIpc) is 2.47. The summed E-state index contributed by atoms with van der Waals surface area (Å²) in [7, 11) is 0. The first-order valence-corrected chi connectivity index (χ1v) is 7.59. The van der Waals surface area contributed by atoms with Gasteiger partial charge in [0.1, 0.15) is 5.82 Å². The van der Waals surface area contributed by atoms with Crippen LogP contribution >= 0.6 is 0 Å². The fourth-order valence-corrected chi connectivity index (χ4v) is 2.67. The molecule has 0 radical (unpaired) electrons. The molecule has 0 fully saturated rings. The maximum Gasteiger partial charge on any atom is 0.131 e. The normalized spacial score (nSPS) is 12.8. The predicted octanol–water partition coefficient (Wildman–Crippen LogP) is 5.37. The van der Waals surface area contributed by atoms with Crippen LogP contribution in [0, 0.1) is 5.82 Å². The number of unbranched alkanes of at least 4 members (excludes halogenated alkanes) is 4. The summed E-state index contributed by atoms with van der Waals surface area (Å²) in [6.07, 6.45) is 6.15. The topological polar surface area (TPSA) is 20.2 Å². The minimum Gasteiger partial charge on any atom is -0.388 e. The first-order valence-electron chi connectivity index (χ1n) is 7.59. The minimum absolute atomic E-state index is 0.223. The summed E-state index contributed by atoms with van der Waals surface area (Å²) in [4.78, 5) is 0. The Hall–Kier alpha value is -1.41. The first kappa shape index (κ1) is 15.0. The Labute approximate surface area is 120 Å². The third-order valence-electron chi connectivity index (χ3n) is 3.84. The molecule has 0 spiro atoms. The minimum atomic E-state index is -0.498. The molecule has 2 heteroatoms. The van der Waals surface area contributed by atoms with Crippen LogP contribution in [0.2, 0.25) is 0 Å². The van der Waals surface area contributed by atoms with E-state index in [-0.39, 0.29) is 5.82 Å². The zero-order valence-electron chi connectivity index (χ0n) is 12.1. The Balaban J connectivity index is 2.06. The summed E-state index contributed by atoms with van der Waals surface area (Å²) in [5.74, 6) is -0.223. The molecule has 1 nitrogen and oxygen atoms in total. The van der Waals surface area contributed by atoms with Gasteiger partial charge in [-0.05, 0) is 23.4 Å². The third-order valence-corrected chi connectivity index (χ3v) is 3.84. The average molecular weight is 274 g/mol. The molecular weight excluding hydrogens is 251 g/mol. The Bertz CT molecular complexity index is 550. The Morgan fingerprint density at radius 2 is 1.65 bits per heavy atom. The lowest BCUT2D eigenvalue weighted by Crippen LogP contribution is -1.99. The Kier molecular flexibility index (Phi) is 5.54. The Morgan fingerprint density at radius 1 is 0.950 bits per heavy atom.